The SMILES string of the molecule is [C-]#[N+]c1cc(C#N)ccc1-c1ccc2c(c1)c1ccccc1n2-c1c(-c2cccc(C)c2)cc(-c2nc(-c3ccccc3)nc(-c3ccccc3)n2)cc1-c1cccc(C(F)(F)F)c1. The second-order valence-electron chi connectivity index (χ2n) is 15.4. The molecule has 0 radical (unpaired) electrons. The van der Waals surface area contributed by atoms with E-state index in [9.17, 15) is 18.4 Å². The van der Waals surface area contributed by atoms with Gasteiger partial charge in [0.1, 0.15) is 0 Å². The molecule has 0 bridgehead atoms. The molecule has 2 aromatic heterocycles. The molecule has 0 saturated heterocycles. The van der Waals surface area contributed by atoms with Gasteiger partial charge in [0.05, 0.1) is 34.9 Å². The highest BCUT2D eigenvalue weighted by molar-refractivity contribution is 6.12. The van der Waals surface area contributed by atoms with Crippen LogP contribution < -0.4 is 0 Å². The minimum atomic E-state index is -4.60. The van der Waals surface area contributed by atoms with E-state index in [1.165, 1.54) is 12.1 Å². The lowest BCUT2D eigenvalue weighted by molar-refractivity contribution is -0.137. The summed E-state index contributed by atoms with van der Waals surface area (Å²) in [5.41, 5.74) is 9.34. The van der Waals surface area contributed by atoms with Crippen LogP contribution in [0, 0.1) is 24.8 Å². The molecule has 10 aromatic rings. The van der Waals surface area contributed by atoms with Crippen LogP contribution >= 0.6 is 0 Å². The lowest BCUT2D eigenvalue weighted by Gasteiger charge is -2.22. The Hall–Kier alpha value is -8.66. The largest absolute Gasteiger partial charge is 0.416 e. The maximum absolute atomic E-state index is 14.6. The summed E-state index contributed by atoms with van der Waals surface area (Å²) in [6.07, 6.45) is -4.60. The van der Waals surface area contributed by atoms with Crippen LogP contribution in [0.4, 0.5) is 18.9 Å². The van der Waals surface area contributed by atoms with Crippen molar-refractivity contribution in [2.24, 2.45) is 0 Å². The number of alkyl halides is 3. The second-order valence-corrected chi connectivity index (χ2v) is 15.4. The predicted molar refractivity (Wildman–Crippen MR) is 247 cm³/mol. The van der Waals surface area contributed by atoms with Gasteiger partial charge in [0, 0.05) is 44.2 Å². The van der Waals surface area contributed by atoms with E-state index in [1.807, 2.05) is 140 Å². The molecular formula is C55H33F3N6. The van der Waals surface area contributed by atoms with Crippen LogP contribution in [-0.2, 0) is 6.18 Å². The monoisotopic (exact) mass is 834 g/mol. The van der Waals surface area contributed by atoms with Crippen LogP contribution in [0.3, 0.4) is 0 Å². The van der Waals surface area contributed by atoms with Crippen LogP contribution in [0.1, 0.15) is 16.7 Å². The topological polar surface area (TPSA) is 71.8 Å². The second kappa shape index (κ2) is 16.0. The van der Waals surface area contributed by atoms with E-state index in [0.29, 0.717) is 56.7 Å². The summed E-state index contributed by atoms with van der Waals surface area (Å²) in [6, 6.07) is 57.7. The van der Waals surface area contributed by atoms with Gasteiger partial charge in [-0.1, -0.05) is 133 Å². The number of nitrogens with zero attached hydrogens (tertiary/aromatic N) is 6. The molecule has 0 amide bonds. The fraction of sp³-hybridized carbons (Fsp3) is 0.0364. The van der Waals surface area contributed by atoms with Crippen molar-refractivity contribution in [2.45, 2.75) is 13.1 Å². The molecule has 0 saturated carbocycles. The number of hydrogen-bond acceptors (Lipinski definition) is 4. The maximum Gasteiger partial charge on any atom is 0.416 e. The van der Waals surface area contributed by atoms with E-state index in [-0.39, 0.29) is 0 Å². The Morgan fingerprint density at radius 2 is 1.08 bits per heavy atom. The molecular weight excluding hydrogens is 802 g/mol. The molecule has 0 aliphatic rings. The van der Waals surface area contributed by atoms with E-state index < -0.39 is 11.7 Å². The van der Waals surface area contributed by atoms with Crippen molar-refractivity contribution in [2.75, 3.05) is 0 Å². The number of benzene rings is 8. The van der Waals surface area contributed by atoms with Gasteiger partial charge < -0.3 is 4.57 Å². The number of nitriles is 1. The fourth-order valence-electron chi connectivity index (χ4n) is 8.38. The zero-order valence-electron chi connectivity index (χ0n) is 34.1. The third-order valence-corrected chi connectivity index (χ3v) is 11.4. The van der Waals surface area contributed by atoms with E-state index in [1.54, 1.807) is 24.3 Å². The molecule has 0 unspecified atom stereocenters. The lowest BCUT2D eigenvalue weighted by Crippen LogP contribution is -2.06. The third kappa shape index (κ3) is 7.21. The summed E-state index contributed by atoms with van der Waals surface area (Å²) in [7, 11) is 0. The summed E-state index contributed by atoms with van der Waals surface area (Å²) in [5.74, 6) is 1.26. The van der Waals surface area contributed by atoms with Gasteiger partial charge in [0.25, 0.3) is 0 Å². The number of aryl methyl sites for hydroxylation is 1. The standard InChI is InChI=1S/C55H33F3N6/c1-34-13-11-18-38(27-34)45-31-41(54-62-52(36-14-5-3-6-15-36)61-53(63-54)37-16-7-4-8-17-37)32-46(39-19-12-20-42(29-39)55(56,57)58)51(45)64-49-22-10-9-21-44(49)47-30-40(24-26-50(47)64)43-25-23-35(33-59)28-48(43)60-2/h3-32H,1H3. The van der Waals surface area contributed by atoms with Crippen molar-refractivity contribution in [3.8, 4) is 79.3 Å². The first-order chi connectivity index (χ1) is 31.2. The Morgan fingerprint density at radius 1 is 0.516 bits per heavy atom. The van der Waals surface area contributed by atoms with Crippen LogP contribution in [0.2, 0.25) is 0 Å². The summed E-state index contributed by atoms with van der Waals surface area (Å²) in [4.78, 5) is 18.8. The molecule has 0 aliphatic carbocycles. The molecule has 2 heterocycles. The van der Waals surface area contributed by atoms with Gasteiger partial charge in [-0.3, -0.25) is 0 Å². The van der Waals surface area contributed by atoms with Crippen molar-refractivity contribution < 1.29 is 13.2 Å². The lowest BCUT2D eigenvalue weighted by atomic mass is 9.91. The third-order valence-electron chi connectivity index (χ3n) is 11.4. The molecule has 8 aromatic carbocycles. The molecule has 0 spiro atoms. The minimum absolute atomic E-state index is 0.350. The van der Waals surface area contributed by atoms with Gasteiger partial charge in [-0.05, 0) is 83.8 Å². The van der Waals surface area contributed by atoms with Gasteiger partial charge >= 0.3 is 6.18 Å². The first kappa shape index (κ1) is 39.5. The average Bonchev–Trinajstić information content (AvgIpc) is 3.66. The van der Waals surface area contributed by atoms with Crippen LogP contribution in [-0.4, -0.2) is 19.5 Å². The summed E-state index contributed by atoms with van der Waals surface area (Å²) in [6.45, 7) is 9.92. The zero-order valence-corrected chi connectivity index (χ0v) is 34.1. The molecule has 0 aliphatic heterocycles. The summed E-state index contributed by atoms with van der Waals surface area (Å²) < 4.78 is 46.0. The zero-order chi connectivity index (χ0) is 44.0. The van der Waals surface area contributed by atoms with Crippen molar-refractivity contribution in [3.63, 3.8) is 0 Å². The molecule has 6 nitrogen and oxygen atoms in total. The van der Waals surface area contributed by atoms with Gasteiger partial charge in [-0.15, -0.1) is 0 Å². The predicted octanol–water partition coefficient (Wildman–Crippen LogP) is 14.7. The Labute approximate surface area is 366 Å². The molecule has 0 atom stereocenters. The van der Waals surface area contributed by atoms with Crippen molar-refractivity contribution >= 4 is 27.5 Å². The molecule has 0 N–H and O–H groups in total. The molecule has 0 fully saturated rings. The van der Waals surface area contributed by atoms with Crippen molar-refractivity contribution in [1.29, 1.82) is 5.26 Å². The number of rotatable bonds is 7. The smallest absolute Gasteiger partial charge is 0.308 e. The number of fused-ring (bicyclic) bond motifs is 3. The Morgan fingerprint density at radius 3 is 1.70 bits per heavy atom. The summed E-state index contributed by atoms with van der Waals surface area (Å²) in [5, 5.41) is 11.3. The highest BCUT2D eigenvalue weighted by Crippen LogP contribution is 2.46. The van der Waals surface area contributed by atoms with Gasteiger partial charge in [0.15, 0.2) is 23.2 Å². The molecule has 9 heteroatoms. The van der Waals surface area contributed by atoms with Crippen LogP contribution in [0.15, 0.2) is 182 Å². The van der Waals surface area contributed by atoms with Gasteiger partial charge in [0.2, 0.25) is 0 Å². The number of para-hydroxylation sites is 1. The first-order valence-electron chi connectivity index (χ1n) is 20.4. The quantitative estimate of drug-likeness (QED) is 0.150. The van der Waals surface area contributed by atoms with E-state index in [2.05, 4.69) is 21.5 Å². The van der Waals surface area contributed by atoms with E-state index >= 15 is 0 Å². The van der Waals surface area contributed by atoms with Crippen molar-refractivity contribution in [1.82, 2.24) is 19.5 Å². The maximum atomic E-state index is 14.6. The first-order valence-corrected chi connectivity index (χ1v) is 20.4. The fourth-order valence-corrected chi connectivity index (χ4v) is 8.38. The van der Waals surface area contributed by atoms with E-state index in [4.69, 9.17) is 21.5 Å². The average molecular weight is 835 g/mol. The molecule has 304 valence electrons. The number of hydrogen-bond donors (Lipinski definition) is 0. The Kier molecular flexibility index (Phi) is 9.86. The van der Waals surface area contributed by atoms with Crippen LogP contribution in [0.5, 0.6) is 0 Å². The Bertz CT molecular complexity index is 3470. The van der Waals surface area contributed by atoms with Gasteiger partial charge in [-0.25, -0.2) is 19.8 Å². The Balaban J connectivity index is 1.32. The molecule has 10 rings (SSSR count). The van der Waals surface area contributed by atoms with E-state index in [0.717, 1.165) is 61.3 Å². The summed E-state index contributed by atoms with van der Waals surface area (Å²) >= 11 is 0. The number of halogens is 3. The van der Waals surface area contributed by atoms with Crippen molar-refractivity contribution in [3.05, 3.63) is 210 Å². The normalized spacial score (nSPS) is 11.4. The number of aromatic nitrogens is 4. The minimum Gasteiger partial charge on any atom is -0.308 e. The molecule has 64 heavy (non-hydrogen) atoms. The highest BCUT2D eigenvalue weighted by atomic mass is 19.4. The highest BCUT2D eigenvalue weighted by Gasteiger charge is 2.31. The van der Waals surface area contributed by atoms with Gasteiger partial charge in [-0.2, -0.15) is 18.4 Å². The van der Waals surface area contributed by atoms with Crippen LogP contribution in [0.25, 0.3) is 99.9 Å².